The topological polar surface area (TPSA) is 57.2 Å². The van der Waals surface area contributed by atoms with Gasteiger partial charge >= 0.3 is 0 Å². The van der Waals surface area contributed by atoms with E-state index in [2.05, 4.69) is 0 Å². The van der Waals surface area contributed by atoms with Gasteiger partial charge in [0.2, 0.25) is 0 Å². The highest BCUT2D eigenvalue weighted by Crippen LogP contribution is 2.20. The highest BCUT2D eigenvalue weighted by Gasteiger charge is 2.10. The third kappa shape index (κ3) is 2.01. The van der Waals surface area contributed by atoms with Crippen molar-refractivity contribution >= 4 is 5.91 Å². The molecule has 0 aliphatic rings. The van der Waals surface area contributed by atoms with E-state index in [9.17, 15) is 4.79 Å². The molecule has 1 aromatic heterocycles. The molecule has 0 aliphatic carbocycles. The minimum Gasteiger partial charge on any atom is -0.497 e. The van der Waals surface area contributed by atoms with Crippen LogP contribution in [0.1, 0.15) is 16.1 Å². The van der Waals surface area contributed by atoms with Gasteiger partial charge in [0.05, 0.1) is 12.7 Å². The maximum Gasteiger partial charge on any atom is 0.250 e. The van der Waals surface area contributed by atoms with Gasteiger partial charge in [0.15, 0.2) is 0 Å². The molecule has 1 amide bonds. The molecule has 2 aromatic rings. The number of ether oxygens (including phenoxy) is 1. The van der Waals surface area contributed by atoms with Crippen LogP contribution < -0.4 is 10.5 Å². The third-order valence-electron chi connectivity index (χ3n) is 2.74. The molecule has 0 unspecified atom stereocenters. The number of hydrogen-bond donors (Lipinski definition) is 1. The largest absolute Gasteiger partial charge is 0.497 e. The van der Waals surface area contributed by atoms with Crippen LogP contribution in [0.15, 0.2) is 36.5 Å². The second-order valence-electron chi connectivity index (χ2n) is 3.75. The highest BCUT2D eigenvalue weighted by atomic mass is 16.5. The molecule has 0 spiro atoms. The van der Waals surface area contributed by atoms with Crippen molar-refractivity contribution in [2.75, 3.05) is 7.11 Å². The summed E-state index contributed by atoms with van der Waals surface area (Å²) in [7, 11) is 1.62. The van der Waals surface area contributed by atoms with Crippen LogP contribution in [0.25, 0.3) is 5.69 Å². The molecule has 4 nitrogen and oxygen atoms in total. The second kappa shape index (κ2) is 4.33. The molecule has 2 rings (SSSR count). The van der Waals surface area contributed by atoms with Crippen molar-refractivity contribution < 1.29 is 9.53 Å². The molecule has 1 aromatic carbocycles. The maximum atomic E-state index is 11.2. The molecular formula is C13H14N2O2. The Morgan fingerprint density at radius 1 is 1.35 bits per heavy atom. The van der Waals surface area contributed by atoms with Gasteiger partial charge in [0.1, 0.15) is 5.75 Å². The molecule has 88 valence electrons. The Bertz CT molecular complexity index is 558. The van der Waals surface area contributed by atoms with Crippen LogP contribution >= 0.6 is 0 Å². The fourth-order valence-corrected chi connectivity index (χ4v) is 1.81. The highest BCUT2D eigenvalue weighted by molar-refractivity contribution is 5.94. The minimum absolute atomic E-state index is 0.413. The zero-order valence-electron chi connectivity index (χ0n) is 9.81. The van der Waals surface area contributed by atoms with Gasteiger partial charge in [0, 0.05) is 23.6 Å². The lowest BCUT2D eigenvalue weighted by molar-refractivity contribution is 0.1000. The van der Waals surface area contributed by atoms with E-state index < -0.39 is 5.91 Å². The normalized spacial score (nSPS) is 10.2. The molecule has 1 heterocycles. The van der Waals surface area contributed by atoms with Crippen LogP contribution in [0.2, 0.25) is 0 Å². The fourth-order valence-electron chi connectivity index (χ4n) is 1.81. The molecule has 0 aliphatic heterocycles. The first kappa shape index (κ1) is 11.3. The van der Waals surface area contributed by atoms with Gasteiger partial charge in [-0.3, -0.25) is 4.79 Å². The molecule has 0 atom stereocenters. The number of hydrogen-bond acceptors (Lipinski definition) is 2. The van der Waals surface area contributed by atoms with Crippen molar-refractivity contribution in [1.82, 2.24) is 4.57 Å². The van der Waals surface area contributed by atoms with Gasteiger partial charge < -0.3 is 15.0 Å². The molecule has 0 fully saturated rings. The van der Waals surface area contributed by atoms with Gasteiger partial charge in [-0.25, -0.2) is 0 Å². The first-order valence-electron chi connectivity index (χ1n) is 5.25. The quantitative estimate of drug-likeness (QED) is 0.875. The number of benzene rings is 1. The molecule has 0 saturated carbocycles. The fraction of sp³-hybridized carbons (Fsp3) is 0.154. The number of nitrogens with two attached hydrogens (primary N) is 1. The minimum atomic E-state index is -0.413. The van der Waals surface area contributed by atoms with Crippen molar-refractivity contribution in [3.05, 3.63) is 47.8 Å². The standard InChI is InChI=1S/C13H14N2O2/c1-9-12(13(14)16)6-7-15(9)10-4-3-5-11(8-10)17-2/h3-8H,1-2H3,(H2,14,16). The Balaban J connectivity index is 2.49. The van der Waals surface area contributed by atoms with E-state index in [0.29, 0.717) is 5.56 Å². The summed E-state index contributed by atoms with van der Waals surface area (Å²) in [6.07, 6.45) is 1.82. The van der Waals surface area contributed by atoms with Crippen LogP contribution in [0.4, 0.5) is 0 Å². The molecule has 2 N–H and O–H groups in total. The number of methoxy groups -OCH3 is 1. The van der Waals surface area contributed by atoms with E-state index >= 15 is 0 Å². The zero-order chi connectivity index (χ0) is 12.4. The number of carbonyl (C=O) groups excluding carboxylic acids is 1. The molecule has 0 radical (unpaired) electrons. The molecule has 17 heavy (non-hydrogen) atoms. The first-order chi connectivity index (χ1) is 8.13. The van der Waals surface area contributed by atoms with Crippen molar-refractivity contribution in [3.8, 4) is 11.4 Å². The Kier molecular flexibility index (Phi) is 2.87. The predicted octanol–water partition coefficient (Wildman–Crippen LogP) is 1.89. The van der Waals surface area contributed by atoms with Crippen molar-refractivity contribution in [3.63, 3.8) is 0 Å². The number of primary amides is 1. The average molecular weight is 230 g/mol. The van der Waals surface area contributed by atoms with Crippen LogP contribution in [0.3, 0.4) is 0 Å². The van der Waals surface area contributed by atoms with Gasteiger partial charge in [-0.15, -0.1) is 0 Å². The smallest absolute Gasteiger partial charge is 0.250 e. The SMILES string of the molecule is COc1cccc(-n2ccc(C(N)=O)c2C)c1. The van der Waals surface area contributed by atoms with Crippen LogP contribution in [0, 0.1) is 6.92 Å². The van der Waals surface area contributed by atoms with Crippen LogP contribution in [-0.4, -0.2) is 17.6 Å². The van der Waals surface area contributed by atoms with E-state index in [1.165, 1.54) is 0 Å². The number of rotatable bonds is 3. The summed E-state index contributed by atoms with van der Waals surface area (Å²) in [6.45, 7) is 1.86. The van der Waals surface area contributed by atoms with Crippen molar-refractivity contribution in [2.24, 2.45) is 5.73 Å². The van der Waals surface area contributed by atoms with Gasteiger partial charge in [-0.2, -0.15) is 0 Å². The second-order valence-corrected chi connectivity index (χ2v) is 3.75. The third-order valence-corrected chi connectivity index (χ3v) is 2.74. The van der Waals surface area contributed by atoms with Crippen LogP contribution in [-0.2, 0) is 0 Å². The van der Waals surface area contributed by atoms with Crippen molar-refractivity contribution in [1.29, 1.82) is 0 Å². The predicted molar refractivity (Wildman–Crippen MR) is 65.6 cm³/mol. The monoisotopic (exact) mass is 230 g/mol. The molecule has 0 bridgehead atoms. The summed E-state index contributed by atoms with van der Waals surface area (Å²) in [5.41, 5.74) is 7.58. The number of aromatic nitrogens is 1. The summed E-state index contributed by atoms with van der Waals surface area (Å²) < 4.78 is 7.07. The molecule has 0 saturated heterocycles. The lowest BCUT2D eigenvalue weighted by atomic mass is 10.2. The van der Waals surface area contributed by atoms with Gasteiger partial charge in [0.25, 0.3) is 5.91 Å². The summed E-state index contributed by atoms with van der Waals surface area (Å²) in [4.78, 5) is 11.2. The molecule has 4 heteroatoms. The number of amides is 1. The Hall–Kier alpha value is -2.23. The maximum absolute atomic E-state index is 11.2. The zero-order valence-corrected chi connectivity index (χ0v) is 9.81. The summed E-state index contributed by atoms with van der Waals surface area (Å²) in [5.74, 6) is 0.361. The van der Waals surface area contributed by atoms with E-state index in [1.807, 2.05) is 42.0 Å². The lowest BCUT2D eigenvalue weighted by Gasteiger charge is -2.08. The molecular weight excluding hydrogens is 216 g/mol. The Morgan fingerprint density at radius 3 is 2.71 bits per heavy atom. The van der Waals surface area contributed by atoms with E-state index in [-0.39, 0.29) is 0 Å². The van der Waals surface area contributed by atoms with Crippen LogP contribution in [0.5, 0.6) is 5.75 Å². The van der Waals surface area contributed by atoms with Crippen molar-refractivity contribution in [2.45, 2.75) is 6.92 Å². The lowest BCUT2D eigenvalue weighted by Crippen LogP contribution is -2.12. The Morgan fingerprint density at radius 2 is 2.12 bits per heavy atom. The summed E-state index contributed by atoms with van der Waals surface area (Å²) in [5, 5.41) is 0. The first-order valence-corrected chi connectivity index (χ1v) is 5.25. The van der Waals surface area contributed by atoms with E-state index in [4.69, 9.17) is 10.5 Å². The average Bonchev–Trinajstić information content (AvgIpc) is 2.71. The number of nitrogens with zero attached hydrogens (tertiary/aromatic N) is 1. The summed E-state index contributed by atoms with van der Waals surface area (Å²) in [6, 6.07) is 9.34. The van der Waals surface area contributed by atoms with Gasteiger partial charge in [-0.1, -0.05) is 6.07 Å². The number of carbonyl (C=O) groups is 1. The van der Waals surface area contributed by atoms with Gasteiger partial charge in [-0.05, 0) is 25.1 Å². The van der Waals surface area contributed by atoms with E-state index in [1.54, 1.807) is 13.2 Å². The Labute approximate surface area is 99.6 Å². The van der Waals surface area contributed by atoms with E-state index in [0.717, 1.165) is 17.1 Å². The summed E-state index contributed by atoms with van der Waals surface area (Å²) >= 11 is 0.